The zero-order valence-corrected chi connectivity index (χ0v) is 22.2. The number of amides is 3. The van der Waals surface area contributed by atoms with Crippen LogP contribution in [0.1, 0.15) is 29.5 Å². The van der Waals surface area contributed by atoms with Gasteiger partial charge in [0.15, 0.2) is 0 Å². The van der Waals surface area contributed by atoms with E-state index in [0.717, 1.165) is 5.56 Å². The van der Waals surface area contributed by atoms with E-state index in [1.54, 1.807) is 30.3 Å². The van der Waals surface area contributed by atoms with Crippen LogP contribution in [0.15, 0.2) is 77.4 Å². The van der Waals surface area contributed by atoms with E-state index >= 15 is 0 Å². The number of furan rings is 1. The van der Waals surface area contributed by atoms with E-state index < -0.39 is 18.0 Å². The summed E-state index contributed by atoms with van der Waals surface area (Å²) in [6.45, 7) is 0.692. The summed E-state index contributed by atoms with van der Waals surface area (Å²) >= 11 is 5.83. The van der Waals surface area contributed by atoms with E-state index in [1.807, 2.05) is 30.3 Å². The summed E-state index contributed by atoms with van der Waals surface area (Å²) in [6.07, 6.45) is 1.99. The monoisotopic (exact) mass is 563 g/mol. The molecule has 1 saturated heterocycles. The third-order valence-corrected chi connectivity index (χ3v) is 7.08. The lowest BCUT2D eigenvalue weighted by Crippen LogP contribution is -2.46. The zero-order chi connectivity index (χ0) is 28.1. The first-order chi connectivity index (χ1) is 19.4. The molecular weight excluding hydrogens is 537 g/mol. The van der Waals surface area contributed by atoms with Gasteiger partial charge < -0.3 is 24.7 Å². The largest absolute Gasteiger partial charge is 0.464 e. The minimum atomic E-state index is -0.665. The van der Waals surface area contributed by atoms with Gasteiger partial charge in [0.2, 0.25) is 11.8 Å². The molecular formula is C30H27ClFN3O5. The molecule has 5 rings (SSSR count). The van der Waals surface area contributed by atoms with Crippen LogP contribution in [0.25, 0.3) is 11.0 Å². The average Bonchev–Trinajstić information content (AvgIpc) is 3.64. The number of ether oxygens (including phenoxy) is 1. The fourth-order valence-corrected chi connectivity index (χ4v) is 4.98. The van der Waals surface area contributed by atoms with Crippen LogP contribution in [0.3, 0.4) is 0 Å². The number of hydrogen-bond acceptors (Lipinski definition) is 5. The van der Waals surface area contributed by atoms with Gasteiger partial charge in [-0.2, -0.15) is 0 Å². The number of benzene rings is 3. The third kappa shape index (κ3) is 6.26. The molecule has 206 valence electrons. The highest BCUT2D eigenvalue weighted by Crippen LogP contribution is 2.30. The summed E-state index contributed by atoms with van der Waals surface area (Å²) in [6, 6.07) is 18.4. The maximum absolute atomic E-state index is 14.2. The molecule has 2 N–H and O–H groups in total. The van der Waals surface area contributed by atoms with Crippen molar-refractivity contribution in [2.75, 3.05) is 6.54 Å². The van der Waals surface area contributed by atoms with E-state index in [0.29, 0.717) is 42.5 Å². The molecule has 0 radical (unpaired) electrons. The lowest BCUT2D eigenvalue weighted by Gasteiger charge is -2.24. The number of rotatable bonds is 8. The van der Waals surface area contributed by atoms with Crippen molar-refractivity contribution in [3.05, 3.63) is 101 Å². The first-order valence-electron chi connectivity index (χ1n) is 12.9. The predicted octanol–water partition coefficient (Wildman–Crippen LogP) is 5.36. The van der Waals surface area contributed by atoms with Crippen molar-refractivity contribution in [2.24, 2.45) is 0 Å². The molecule has 10 heteroatoms. The van der Waals surface area contributed by atoms with Gasteiger partial charge in [-0.15, -0.1) is 0 Å². The molecule has 1 atom stereocenters. The Morgan fingerprint density at radius 2 is 1.82 bits per heavy atom. The molecule has 4 aromatic rings. The summed E-state index contributed by atoms with van der Waals surface area (Å²) < 4.78 is 25.3. The Kier molecular flexibility index (Phi) is 8.31. The van der Waals surface area contributed by atoms with Gasteiger partial charge in [-0.1, -0.05) is 54.1 Å². The van der Waals surface area contributed by atoms with Gasteiger partial charge in [0, 0.05) is 25.2 Å². The molecule has 0 bridgehead atoms. The number of carbonyl (C=O) groups is 3. The maximum Gasteiger partial charge on any atom is 0.412 e. The number of hydrogen-bond donors (Lipinski definition) is 2. The maximum atomic E-state index is 14.2. The van der Waals surface area contributed by atoms with Crippen molar-refractivity contribution < 1.29 is 27.9 Å². The Morgan fingerprint density at radius 3 is 2.65 bits per heavy atom. The van der Waals surface area contributed by atoms with Gasteiger partial charge in [-0.3, -0.25) is 9.59 Å². The third-order valence-electron chi connectivity index (χ3n) is 6.79. The molecule has 0 aliphatic carbocycles. The summed E-state index contributed by atoms with van der Waals surface area (Å²) in [5, 5.41) is 6.01. The topological polar surface area (TPSA) is 101 Å². The van der Waals surface area contributed by atoms with Gasteiger partial charge in [0.05, 0.1) is 23.1 Å². The van der Waals surface area contributed by atoms with Crippen molar-refractivity contribution >= 4 is 40.5 Å². The van der Waals surface area contributed by atoms with Crippen LogP contribution in [0.4, 0.5) is 9.18 Å². The molecule has 0 unspecified atom stereocenters. The van der Waals surface area contributed by atoms with Crippen LogP contribution < -0.4 is 15.4 Å². The van der Waals surface area contributed by atoms with Crippen LogP contribution in [-0.4, -0.2) is 35.4 Å². The molecule has 2 heterocycles. The molecule has 3 amide bonds. The van der Waals surface area contributed by atoms with Crippen LogP contribution in [0.5, 0.6) is 5.75 Å². The highest BCUT2D eigenvalue weighted by atomic mass is 35.5. The number of halogens is 2. The summed E-state index contributed by atoms with van der Waals surface area (Å²) in [5.74, 6) is -0.925. The number of nitrogens with zero attached hydrogens (tertiary/aromatic N) is 1. The standard InChI is InChI=1S/C30H27ClFN3O5/c31-23-9-4-8-21(28(23)32)18-33-29(37)24-10-5-12-35(24)27(36)16-20-14-25-22(11-13-39-25)26(15-20)40-30(38)34-17-19-6-2-1-3-7-19/h1-4,6-9,11,13-15,24H,5,10,12,16-18H2,(H,33,37)(H,34,38)/t24-/m0/s1. The highest BCUT2D eigenvalue weighted by Gasteiger charge is 2.34. The lowest BCUT2D eigenvalue weighted by molar-refractivity contribution is -0.138. The smallest absolute Gasteiger partial charge is 0.412 e. The van der Waals surface area contributed by atoms with Gasteiger partial charge in [0.1, 0.15) is 23.2 Å². The summed E-state index contributed by atoms with van der Waals surface area (Å²) in [4.78, 5) is 40.2. The van der Waals surface area contributed by atoms with E-state index in [2.05, 4.69) is 10.6 Å². The van der Waals surface area contributed by atoms with E-state index in [9.17, 15) is 18.8 Å². The van der Waals surface area contributed by atoms with Crippen molar-refractivity contribution in [2.45, 2.75) is 38.4 Å². The predicted molar refractivity (Wildman–Crippen MR) is 147 cm³/mol. The summed E-state index contributed by atoms with van der Waals surface area (Å²) in [5.41, 5.74) is 2.23. The zero-order valence-electron chi connectivity index (χ0n) is 21.5. The second kappa shape index (κ2) is 12.2. The molecule has 8 nitrogen and oxygen atoms in total. The number of nitrogens with one attached hydrogen (secondary N) is 2. The van der Waals surface area contributed by atoms with E-state index in [1.165, 1.54) is 17.2 Å². The molecule has 1 aromatic heterocycles. The lowest BCUT2D eigenvalue weighted by atomic mass is 10.1. The summed E-state index contributed by atoms with van der Waals surface area (Å²) in [7, 11) is 0. The van der Waals surface area contributed by atoms with Crippen molar-refractivity contribution in [1.82, 2.24) is 15.5 Å². The van der Waals surface area contributed by atoms with Gasteiger partial charge in [-0.05, 0) is 48.2 Å². The molecule has 1 fully saturated rings. The SMILES string of the molecule is O=C(NCc1ccccc1)Oc1cc(CC(=O)N2CCC[C@H]2C(=O)NCc2cccc(Cl)c2F)cc2occc12. The minimum absolute atomic E-state index is 0.0185. The molecule has 0 spiro atoms. The number of carbonyl (C=O) groups excluding carboxylic acids is 3. The molecule has 1 aliphatic heterocycles. The second-order valence-electron chi connectivity index (χ2n) is 9.51. The Balaban J connectivity index is 1.23. The molecule has 0 saturated carbocycles. The quantitative estimate of drug-likeness (QED) is 0.300. The van der Waals surface area contributed by atoms with Crippen LogP contribution in [0, 0.1) is 5.82 Å². The van der Waals surface area contributed by atoms with Gasteiger partial charge in [-0.25, -0.2) is 9.18 Å². The number of fused-ring (bicyclic) bond motifs is 1. The van der Waals surface area contributed by atoms with E-state index in [4.69, 9.17) is 20.8 Å². The Hall–Kier alpha value is -4.37. The van der Waals surface area contributed by atoms with Crippen LogP contribution in [0.2, 0.25) is 5.02 Å². The van der Waals surface area contributed by atoms with Crippen molar-refractivity contribution in [1.29, 1.82) is 0 Å². The fourth-order valence-electron chi connectivity index (χ4n) is 4.78. The van der Waals surface area contributed by atoms with Crippen LogP contribution >= 0.6 is 11.6 Å². The van der Waals surface area contributed by atoms with Crippen LogP contribution in [-0.2, 0) is 29.1 Å². The Morgan fingerprint density at radius 1 is 1.00 bits per heavy atom. The Labute approximate surface area is 235 Å². The Bertz CT molecular complexity index is 1540. The average molecular weight is 564 g/mol. The van der Waals surface area contributed by atoms with Gasteiger partial charge in [0.25, 0.3) is 0 Å². The number of likely N-dealkylation sites (tertiary alicyclic amines) is 1. The van der Waals surface area contributed by atoms with Crippen molar-refractivity contribution in [3.8, 4) is 5.75 Å². The first kappa shape index (κ1) is 27.2. The molecule has 1 aliphatic rings. The first-order valence-corrected chi connectivity index (χ1v) is 13.3. The van der Waals surface area contributed by atoms with Crippen molar-refractivity contribution in [3.63, 3.8) is 0 Å². The van der Waals surface area contributed by atoms with Gasteiger partial charge >= 0.3 is 6.09 Å². The highest BCUT2D eigenvalue weighted by molar-refractivity contribution is 6.30. The van der Waals surface area contributed by atoms with E-state index in [-0.39, 0.29) is 41.1 Å². The normalized spacial score (nSPS) is 14.8. The molecule has 40 heavy (non-hydrogen) atoms. The fraction of sp³-hybridized carbons (Fsp3) is 0.233. The molecule has 3 aromatic carbocycles. The minimum Gasteiger partial charge on any atom is -0.464 e. The second-order valence-corrected chi connectivity index (χ2v) is 9.91.